The zero-order valence-corrected chi connectivity index (χ0v) is 15.4. The summed E-state index contributed by atoms with van der Waals surface area (Å²) in [5.41, 5.74) is 2.05. The highest BCUT2D eigenvalue weighted by Gasteiger charge is 2.27. The molecule has 1 aromatic heterocycles. The molecule has 6 heteroatoms. The monoisotopic (exact) mass is 376 g/mol. The van der Waals surface area contributed by atoms with Gasteiger partial charge in [0.05, 0.1) is 17.3 Å². The van der Waals surface area contributed by atoms with Crippen molar-refractivity contribution >= 4 is 17.4 Å². The van der Waals surface area contributed by atoms with Crippen LogP contribution >= 0.6 is 0 Å². The molecule has 142 valence electrons. The third kappa shape index (κ3) is 4.01. The number of carbonyl (C=O) groups excluding carboxylic acids is 1. The molecule has 2 aromatic carbocycles. The number of para-hydroxylation sites is 1. The van der Waals surface area contributed by atoms with Crippen molar-refractivity contribution < 1.29 is 9.18 Å². The summed E-state index contributed by atoms with van der Waals surface area (Å²) in [7, 11) is 0. The minimum Gasteiger partial charge on any atom is -0.354 e. The summed E-state index contributed by atoms with van der Waals surface area (Å²) in [6.07, 6.45) is 1.64. The number of aromatic nitrogens is 2. The van der Waals surface area contributed by atoms with Crippen molar-refractivity contribution in [1.29, 1.82) is 0 Å². The van der Waals surface area contributed by atoms with Crippen LogP contribution in [-0.4, -0.2) is 29.2 Å². The van der Waals surface area contributed by atoms with Gasteiger partial charge in [-0.05, 0) is 37.1 Å². The molecule has 0 spiro atoms. The molecular weight excluding hydrogens is 355 g/mol. The topological polar surface area (TPSA) is 58.1 Å². The molecule has 4 rings (SSSR count). The lowest BCUT2D eigenvalue weighted by Gasteiger charge is -2.32. The molecule has 1 atom stereocenters. The van der Waals surface area contributed by atoms with Crippen LogP contribution in [0.25, 0.3) is 11.3 Å². The number of amides is 1. The average molecular weight is 376 g/mol. The minimum absolute atomic E-state index is 0.163. The zero-order valence-electron chi connectivity index (χ0n) is 15.4. The molecule has 0 radical (unpaired) electrons. The Morgan fingerprint density at radius 1 is 1.00 bits per heavy atom. The van der Waals surface area contributed by atoms with Gasteiger partial charge in [-0.2, -0.15) is 0 Å². The number of nitrogens with zero attached hydrogens (tertiary/aromatic N) is 3. The van der Waals surface area contributed by atoms with Crippen LogP contribution in [0.3, 0.4) is 0 Å². The molecule has 0 saturated carbocycles. The molecule has 1 aliphatic rings. The maximum atomic E-state index is 13.8. The first-order valence-electron chi connectivity index (χ1n) is 9.40. The van der Waals surface area contributed by atoms with Crippen LogP contribution in [0, 0.1) is 11.7 Å². The molecule has 1 aliphatic heterocycles. The quantitative estimate of drug-likeness (QED) is 0.744. The number of anilines is 2. The van der Waals surface area contributed by atoms with Crippen molar-refractivity contribution in [2.24, 2.45) is 5.92 Å². The predicted molar refractivity (Wildman–Crippen MR) is 107 cm³/mol. The second-order valence-corrected chi connectivity index (χ2v) is 6.90. The second-order valence-electron chi connectivity index (χ2n) is 6.90. The predicted octanol–water partition coefficient (Wildman–Crippen LogP) is 4.14. The highest BCUT2D eigenvalue weighted by Crippen LogP contribution is 2.24. The Morgan fingerprint density at radius 2 is 1.79 bits per heavy atom. The van der Waals surface area contributed by atoms with Crippen LogP contribution in [0.15, 0.2) is 66.7 Å². The fraction of sp³-hybridized carbons (Fsp3) is 0.227. The summed E-state index contributed by atoms with van der Waals surface area (Å²) < 4.78 is 13.8. The number of rotatable bonds is 4. The first-order valence-corrected chi connectivity index (χ1v) is 9.40. The molecule has 1 unspecified atom stereocenters. The van der Waals surface area contributed by atoms with E-state index in [0.717, 1.165) is 36.5 Å². The zero-order chi connectivity index (χ0) is 19.3. The second kappa shape index (κ2) is 8.17. The van der Waals surface area contributed by atoms with E-state index >= 15 is 0 Å². The van der Waals surface area contributed by atoms with Gasteiger partial charge in [0.15, 0.2) is 5.82 Å². The van der Waals surface area contributed by atoms with Gasteiger partial charge in [0.25, 0.3) is 0 Å². The lowest BCUT2D eigenvalue weighted by atomic mass is 9.97. The average Bonchev–Trinajstić information content (AvgIpc) is 2.76. The Kier molecular flexibility index (Phi) is 5.28. The summed E-state index contributed by atoms with van der Waals surface area (Å²) in [5.74, 6) is -0.0541. The fourth-order valence-electron chi connectivity index (χ4n) is 3.45. The molecular formula is C22H21FN4O. The minimum atomic E-state index is -0.425. The highest BCUT2D eigenvalue weighted by molar-refractivity contribution is 5.93. The number of hydrogen-bond acceptors (Lipinski definition) is 4. The number of hydrogen-bond donors (Lipinski definition) is 1. The number of nitrogens with one attached hydrogen (secondary N) is 1. The summed E-state index contributed by atoms with van der Waals surface area (Å²) >= 11 is 0. The molecule has 2 heterocycles. The van der Waals surface area contributed by atoms with Gasteiger partial charge in [0, 0.05) is 18.7 Å². The van der Waals surface area contributed by atoms with E-state index in [1.807, 2.05) is 42.5 Å². The Hall–Kier alpha value is -3.28. The van der Waals surface area contributed by atoms with Crippen molar-refractivity contribution in [2.75, 3.05) is 23.3 Å². The third-order valence-electron chi connectivity index (χ3n) is 4.97. The van der Waals surface area contributed by atoms with Crippen molar-refractivity contribution in [2.45, 2.75) is 12.8 Å². The van der Waals surface area contributed by atoms with Gasteiger partial charge in [-0.15, -0.1) is 10.2 Å². The lowest BCUT2D eigenvalue weighted by Crippen LogP contribution is -2.41. The van der Waals surface area contributed by atoms with Crippen LogP contribution in [0.1, 0.15) is 12.8 Å². The van der Waals surface area contributed by atoms with Gasteiger partial charge in [0.2, 0.25) is 5.91 Å². The van der Waals surface area contributed by atoms with Gasteiger partial charge < -0.3 is 10.2 Å². The van der Waals surface area contributed by atoms with Gasteiger partial charge >= 0.3 is 0 Å². The largest absolute Gasteiger partial charge is 0.354 e. The van der Waals surface area contributed by atoms with E-state index in [9.17, 15) is 9.18 Å². The third-order valence-corrected chi connectivity index (χ3v) is 4.97. The molecule has 0 bridgehead atoms. The van der Waals surface area contributed by atoms with Crippen LogP contribution in [0.4, 0.5) is 15.9 Å². The molecule has 1 saturated heterocycles. The summed E-state index contributed by atoms with van der Waals surface area (Å²) in [6.45, 7) is 1.36. The summed E-state index contributed by atoms with van der Waals surface area (Å²) in [4.78, 5) is 14.7. The van der Waals surface area contributed by atoms with Crippen molar-refractivity contribution in [3.8, 4) is 11.3 Å². The van der Waals surface area contributed by atoms with E-state index in [2.05, 4.69) is 20.4 Å². The maximum Gasteiger partial charge on any atom is 0.229 e. The van der Waals surface area contributed by atoms with Crippen LogP contribution in [-0.2, 0) is 4.79 Å². The van der Waals surface area contributed by atoms with E-state index in [1.165, 1.54) is 6.07 Å². The van der Waals surface area contributed by atoms with Crippen LogP contribution in [0.2, 0.25) is 0 Å². The number of carbonyl (C=O) groups is 1. The summed E-state index contributed by atoms with van der Waals surface area (Å²) in [5, 5.41) is 11.4. The normalized spacial score (nSPS) is 16.6. The Bertz CT molecular complexity index is 946. The van der Waals surface area contributed by atoms with Gasteiger partial charge in [-0.3, -0.25) is 4.79 Å². The van der Waals surface area contributed by atoms with Gasteiger partial charge in [-0.25, -0.2) is 4.39 Å². The highest BCUT2D eigenvalue weighted by atomic mass is 19.1. The number of benzene rings is 2. The van der Waals surface area contributed by atoms with Crippen molar-refractivity contribution in [3.05, 3.63) is 72.5 Å². The van der Waals surface area contributed by atoms with Crippen molar-refractivity contribution in [1.82, 2.24) is 10.2 Å². The van der Waals surface area contributed by atoms with Crippen LogP contribution in [0.5, 0.6) is 0 Å². The van der Waals surface area contributed by atoms with Gasteiger partial charge in [0.1, 0.15) is 5.82 Å². The van der Waals surface area contributed by atoms with E-state index < -0.39 is 5.82 Å². The molecule has 28 heavy (non-hydrogen) atoms. The number of halogens is 1. The number of piperidine rings is 1. The van der Waals surface area contributed by atoms with E-state index in [0.29, 0.717) is 6.54 Å². The first-order chi connectivity index (χ1) is 13.7. The Labute approximate surface area is 163 Å². The molecule has 1 fully saturated rings. The summed E-state index contributed by atoms with van der Waals surface area (Å²) in [6, 6.07) is 20.0. The maximum absolute atomic E-state index is 13.8. The molecule has 0 aliphatic carbocycles. The van der Waals surface area contributed by atoms with Crippen molar-refractivity contribution in [3.63, 3.8) is 0 Å². The fourth-order valence-corrected chi connectivity index (χ4v) is 3.45. The van der Waals surface area contributed by atoms with Gasteiger partial charge in [-0.1, -0.05) is 42.5 Å². The Balaban J connectivity index is 1.43. The smallest absolute Gasteiger partial charge is 0.229 e. The molecule has 1 amide bonds. The molecule has 1 N–H and O–H groups in total. The van der Waals surface area contributed by atoms with E-state index in [1.54, 1.807) is 18.2 Å². The molecule has 3 aromatic rings. The standard InChI is InChI=1S/C22H21FN4O/c23-18-10-4-5-11-20(18)24-22(28)17-9-6-14-27(15-17)21-13-12-19(25-26-21)16-7-2-1-3-8-16/h1-5,7-8,10-13,17H,6,9,14-15H2,(H,24,28). The van der Waals surface area contributed by atoms with Crippen LogP contribution < -0.4 is 10.2 Å². The van der Waals surface area contributed by atoms with E-state index in [4.69, 9.17) is 0 Å². The molecule has 5 nitrogen and oxygen atoms in total. The SMILES string of the molecule is O=C(Nc1ccccc1F)C1CCCN(c2ccc(-c3ccccc3)nn2)C1. The Morgan fingerprint density at radius 3 is 2.54 bits per heavy atom. The first kappa shape index (κ1) is 18.1. The van der Waals surface area contributed by atoms with E-state index in [-0.39, 0.29) is 17.5 Å². The lowest BCUT2D eigenvalue weighted by molar-refractivity contribution is -0.120.